The van der Waals surface area contributed by atoms with Crippen molar-refractivity contribution in [2.24, 2.45) is 0 Å². The molecule has 76 valence electrons. The number of rotatable bonds is 5. The molecule has 1 rings (SSSR count). The fraction of sp³-hybridized carbons (Fsp3) is 0.889. The van der Waals surface area contributed by atoms with Crippen molar-refractivity contribution in [3.05, 3.63) is 0 Å². The Balaban J connectivity index is 2.36. The molecule has 0 spiro atoms. The molecule has 0 aliphatic heterocycles. The molecule has 0 radical (unpaired) electrons. The van der Waals surface area contributed by atoms with Gasteiger partial charge in [0.05, 0.1) is 7.11 Å². The Morgan fingerprint density at radius 1 is 1.62 bits per heavy atom. The van der Waals surface area contributed by atoms with E-state index in [9.17, 15) is 4.79 Å². The van der Waals surface area contributed by atoms with Crippen molar-refractivity contribution in [1.82, 2.24) is 10.2 Å². The van der Waals surface area contributed by atoms with Gasteiger partial charge in [0, 0.05) is 12.6 Å². The number of carbonyl (C=O) groups excluding carboxylic acids is 1. The van der Waals surface area contributed by atoms with Crippen LogP contribution in [0, 0.1) is 0 Å². The monoisotopic (exact) mass is 186 g/mol. The van der Waals surface area contributed by atoms with E-state index in [1.165, 1.54) is 20.0 Å². The molecule has 4 nitrogen and oxygen atoms in total. The van der Waals surface area contributed by atoms with E-state index >= 15 is 0 Å². The maximum absolute atomic E-state index is 11.3. The second kappa shape index (κ2) is 4.58. The number of likely N-dealkylation sites (N-methyl/N-ethyl adjacent to an activating group) is 1. The zero-order chi connectivity index (χ0) is 9.84. The Kier molecular flexibility index (Phi) is 3.69. The number of ether oxygens (including phenoxy) is 1. The fourth-order valence-corrected chi connectivity index (χ4v) is 1.24. The van der Waals surface area contributed by atoms with Crippen LogP contribution in [0.2, 0.25) is 0 Å². The summed E-state index contributed by atoms with van der Waals surface area (Å²) in [6.45, 7) is 0.698. The van der Waals surface area contributed by atoms with Crippen LogP contribution in [0.5, 0.6) is 0 Å². The van der Waals surface area contributed by atoms with Crippen molar-refractivity contribution < 1.29 is 9.53 Å². The molecule has 1 fully saturated rings. The SMILES string of the molecule is COC(=O)C(CN(C)C)NC1CC1. The summed E-state index contributed by atoms with van der Waals surface area (Å²) in [6, 6.07) is 0.358. The molecule has 1 unspecified atom stereocenters. The minimum absolute atomic E-state index is 0.166. The minimum atomic E-state index is -0.174. The summed E-state index contributed by atoms with van der Waals surface area (Å²) in [4.78, 5) is 13.3. The Labute approximate surface area is 79.2 Å². The smallest absolute Gasteiger partial charge is 0.324 e. The first-order valence-electron chi connectivity index (χ1n) is 4.62. The topological polar surface area (TPSA) is 41.6 Å². The molecule has 1 aliphatic carbocycles. The molecule has 0 aromatic carbocycles. The molecule has 1 saturated carbocycles. The lowest BCUT2D eigenvalue weighted by molar-refractivity contribution is -0.143. The maximum Gasteiger partial charge on any atom is 0.324 e. The molecule has 0 saturated heterocycles. The third-order valence-electron chi connectivity index (χ3n) is 2.05. The maximum atomic E-state index is 11.3. The zero-order valence-corrected chi connectivity index (χ0v) is 8.54. The first-order valence-corrected chi connectivity index (χ1v) is 4.62. The van der Waals surface area contributed by atoms with Gasteiger partial charge < -0.3 is 15.0 Å². The second-order valence-electron chi connectivity index (χ2n) is 3.78. The van der Waals surface area contributed by atoms with E-state index in [-0.39, 0.29) is 12.0 Å². The van der Waals surface area contributed by atoms with Crippen molar-refractivity contribution in [3.8, 4) is 0 Å². The highest BCUT2D eigenvalue weighted by Gasteiger charge is 2.28. The normalized spacial score (nSPS) is 18.8. The molecule has 1 aliphatic rings. The van der Waals surface area contributed by atoms with Crippen molar-refractivity contribution in [2.75, 3.05) is 27.7 Å². The van der Waals surface area contributed by atoms with Crippen LogP contribution in [0.25, 0.3) is 0 Å². The molecule has 0 aromatic heterocycles. The predicted molar refractivity (Wildman–Crippen MR) is 50.5 cm³/mol. The summed E-state index contributed by atoms with van der Waals surface area (Å²) in [6.07, 6.45) is 2.36. The van der Waals surface area contributed by atoms with Crippen LogP contribution in [0.3, 0.4) is 0 Å². The molecular weight excluding hydrogens is 168 g/mol. The van der Waals surface area contributed by atoms with Gasteiger partial charge in [-0.1, -0.05) is 0 Å². The molecule has 0 heterocycles. The number of nitrogens with one attached hydrogen (secondary N) is 1. The molecule has 1 N–H and O–H groups in total. The van der Waals surface area contributed by atoms with E-state index < -0.39 is 0 Å². The fourth-order valence-electron chi connectivity index (χ4n) is 1.24. The molecular formula is C9H18N2O2. The lowest BCUT2D eigenvalue weighted by Crippen LogP contribution is -2.45. The highest BCUT2D eigenvalue weighted by molar-refractivity contribution is 5.76. The first kappa shape index (κ1) is 10.5. The molecule has 0 bridgehead atoms. The van der Waals surface area contributed by atoms with Gasteiger partial charge in [-0.25, -0.2) is 0 Å². The highest BCUT2D eigenvalue weighted by atomic mass is 16.5. The Hall–Kier alpha value is -0.610. The average Bonchev–Trinajstić information content (AvgIpc) is 2.85. The Bertz CT molecular complexity index is 174. The largest absolute Gasteiger partial charge is 0.468 e. The van der Waals surface area contributed by atoms with E-state index in [1.54, 1.807) is 0 Å². The minimum Gasteiger partial charge on any atom is -0.468 e. The van der Waals surface area contributed by atoms with Gasteiger partial charge >= 0.3 is 5.97 Å². The lowest BCUT2D eigenvalue weighted by Gasteiger charge is -2.19. The van der Waals surface area contributed by atoms with Crippen molar-refractivity contribution in [2.45, 2.75) is 24.9 Å². The number of hydrogen-bond donors (Lipinski definition) is 1. The van der Waals surface area contributed by atoms with Crippen molar-refractivity contribution >= 4 is 5.97 Å². The Morgan fingerprint density at radius 3 is 2.62 bits per heavy atom. The summed E-state index contributed by atoms with van der Waals surface area (Å²) in [7, 11) is 5.33. The van der Waals surface area contributed by atoms with Gasteiger partial charge in [-0.05, 0) is 26.9 Å². The first-order chi connectivity index (χ1) is 6.13. The van der Waals surface area contributed by atoms with E-state index in [4.69, 9.17) is 4.74 Å². The van der Waals surface area contributed by atoms with Gasteiger partial charge in [-0.2, -0.15) is 0 Å². The van der Waals surface area contributed by atoms with Crippen molar-refractivity contribution in [1.29, 1.82) is 0 Å². The zero-order valence-electron chi connectivity index (χ0n) is 8.54. The van der Waals surface area contributed by atoms with E-state index in [0.717, 1.165) is 0 Å². The highest BCUT2D eigenvalue weighted by Crippen LogP contribution is 2.19. The van der Waals surface area contributed by atoms with Crippen LogP contribution in [0.15, 0.2) is 0 Å². The predicted octanol–water partition coefficient (Wildman–Crippen LogP) is -0.158. The van der Waals surface area contributed by atoms with Crippen LogP contribution >= 0.6 is 0 Å². The van der Waals surface area contributed by atoms with E-state index in [2.05, 4.69) is 5.32 Å². The molecule has 0 aromatic rings. The van der Waals surface area contributed by atoms with E-state index in [1.807, 2.05) is 19.0 Å². The molecule has 4 heteroatoms. The third-order valence-corrected chi connectivity index (χ3v) is 2.05. The molecule has 13 heavy (non-hydrogen) atoms. The quantitative estimate of drug-likeness (QED) is 0.606. The van der Waals surface area contributed by atoms with Gasteiger partial charge in [0.15, 0.2) is 0 Å². The van der Waals surface area contributed by atoms with Crippen LogP contribution in [-0.2, 0) is 9.53 Å². The number of hydrogen-bond acceptors (Lipinski definition) is 4. The van der Waals surface area contributed by atoms with E-state index in [0.29, 0.717) is 12.6 Å². The van der Waals surface area contributed by atoms with Crippen molar-refractivity contribution in [3.63, 3.8) is 0 Å². The number of esters is 1. The summed E-state index contributed by atoms with van der Waals surface area (Å²) >= 11 is 0. The van der Waals surface area contributed by atoms with Gasteiger partial charge in [0.2, 0.25) is 0 Å². The van der Waals surface area contributed by atoms with Gasteiger partial charge in [0.1, 0.15) is 6.04 Å². The number of carbonyl (C=O) groups is 1. The van der Waals surface area contributed by atoms with Crippen LogP contribution in [0.4, 0.5) is 0 Å². The summed E-state index contributed by atoms with van der Waals surface area (Å²) in [5, 5.41) is 3.26. The third kappa shape index (κ3) is 3.74. The second-order valence-corrected chi connectivity index (χ2v) is 3.78. The molecule has 1 atom stereocenters. The number of methoxy groups -OCH3 is 1. The van der Waals surface area contributed by atoms with Gasteiger partial charge in [0.25, 0.3) is 0 Å². The summed E-state index contributed by atoms with van der Waals surface area (Å²) in [5.74, 6) is -0.166. The number of nitrogens with zero attached hydrogens (tertiary/aromatic N) is 1. The Morgan fingerprint density at radius 2 is 2.23 bits per heavy atom. The van der Waals surface area contributed by atoms with Crippen LogP contribution in [0.1, 0.15) is 12.8 Å². The average molecular weight is 186 g/mol. The van der Waals surface area contributed by atoms with Crippen LogP contribution < -0.4 is 5.32 Å². The van der Waals surface area contributed by atoms with Gasteiger partial charge in [-0.3, -0.25) is 4.79 Å². The molecule has 0 amide bonds. The van der Waals surface area contributed by atoms with Crippen LogP contribution in [-0.4, -0.2) is 50.7 Å². The lowest BCUT2D eigenvalue weighted by atomic mass is 10.3. The van der Waals surface area contributed by atoms with Gasteiger partial charge in [-0.15, -0.1) is 0 Å². The summed E-state index contributed by atoms with van der Waals surface area (Å²) < 4.78 is 4.71. The standard InChI is InChI=1S/C9H18N2O2/c1-11(2)6-8(9(12)13-3)10-7-4-5-7/h7-8,10H,4-6H2,1-3H3. The summed E-state index contributed by atoms with van der Waals surface area (Å²) in [5.41, 5.74) is 0.